The van der Waals surface area contributed by atoms with E-state index in [2.05, 4.69) is 30.5 Å². The zero-order valence-corrected chi connectivity index (χ0v) is 25.3. The summed E-state index contributed by atoms with van der Waals surface area (Å²) in [6.45, 7) is 14.1. The minimum Gasteiger partial charge on any atom is -0.444 e. The molecule has 0 saturated heterocycles. The molecule has 218 valence electrons. The quantitative estimate of drug-likeness (QED) is 0.317. The van der Waals surface area contributed by atoms with Crippen molar-refractivity contribution < 1.29 is 19.1 Å². The van der Waals surface area contributed by atoms with Gasteiger partial charge in [0.15, 0.2) is 0 Å². The van der Waals surface area contributed by atoms with Gasteiger partial charge in [-0.2, -0.15) is 0 Å². The normalized spacial score (nSPS) is 17.9. The summed E-state index contributed by atoms with van der Waals surface area (Å²) >= 11 is 0. The molecule has 1 fully saturated rings. The second-order valence-electron chi connectivity index (χ2n) is 12.2. The molecule has 7 nitrogen and oxygen atoms in total. The zero-order chi connectivity index (χ0) is 29.4. The molecule has 4 atom stereocenters. The number of alkyl carbamates (subject to hydrolysis) is 1. The van der Waals surface area contributed by atoms with Gasteiger partial charge in [0.1, 0.15) is 17.7 Å². The Balaban J connectivity index is 2.02. The molecule has 0 heterocycles. The number of hydrogen-bond donors (Lipinski definition) is 2. The van der Waals surface area contributed by atoms with Gasteiger partial charge in [0.25, 0.3) is 0 Å². The lowest BCUT2D eigenvalue weighted by Crippen LogP contribution is -2.54. The fourth-order valence-corrected chi connectivity index (χ4v) is 5.14. The number of carbonyl (C=O) groups excluding carboxylic acids is 3. The number of amides is 3. The average Bonchev–Trinajstić information content (AvgIpc) is 3.58. The zero-order valence-electron chi connectivity index (χ0n) is 25.3. The Morgan fingerprint density at radius 1 is 1.02 bits per heavy atom. The molecule has 40 heavy (non-hydrogen) atoms. The second-order valence-corrected chi connectivity index (χ2v) is 12.2. The number of rotatable bonds is 12. The van der Waals surface area contributed by atoms with Gasteiger partial charge in [-0.15, -0.1) is 0 Å². The second kappa shape index (κ2) is 13.8. The van der Waals surface area contributed by atoms with Gasteiger partial charge >= 0.3 is 6.09 Å². The van der Waals surface area contributed by atoms with E-state index in [1.165, 1.54) is 0 Å². The van der Waals surface area contributed by atoms with Gasteiger partial charge in [0.2, 0.25) is 11.8 Å². The van der Waals surface area contributed by atoms with Gasteiger partial charge in [0, 0.05) is 19.0 Å². The average molecular weight is 550 g/mol. The standard InChI is InChI=1S/C33H47N3O4/c1-8-9-13-16-34-30(37)29(26-18-22(2)17-23(3)19-26)36(28-20-24(28)4)31(38)27(21-25-14-11-10-12-15-25)35-32(39)40-33(5,6)7/h10-12,14-15,17-19,24,27-29H,8-9,13,16,20-21H2,1-7H3,(H,34,37)(H,35,39). The first kappa shape index (κ1) is 31.2. The molecule has 1 saturated carbocycles. The van der Waals surface area contributed by atoms with E-state index < -0.39 is 23.8 Å². The minimum absolute atomic E-state index is 0.0987. The van der Waals surface area contributed by atoms with Crippen LogP contribution in [0, 0.1) is 19.8 Å². The molecule has 7 heteroatoms. The van der Waals surface area contributed by atoms with Crippen molar-refractivity contribution in [3.8, 4) is 0 Å². The van der Waals surface area contributed by atoms with Gasteiger partial charge in [-0.05, 0) is 64.5 Å². The molecule has 0 spiro atoms. The monoisotopic (exact) mass is 549 g/mol. The molecule has 4 unspecified atom stereocenters. The van der Waals surface area contributed by atoms with E-state index >= 15 is 0 Å². The van der Waals surface area contributed by atoms with Crippen LogP contribution in [0.1, 0.15) is 88.6 Å². The van der Waals surface area contributed by atoms with Crippen LogP contribution in [0.5, 0.6) is 0 Å². The van der Waals surface area contributed by atoms with Crippen molar-refractivity contribution in [2.75, 3.05) is 6.54 Å². The molecule has 0 bridgehead atoms. The lowest BCUT2D eigenvalue weighted by Gasteiger charge is -2.35. The summed E-state index contributed by atoms with van der Waals surface area (Å²) in [7, 11) is 0. The van der Waals surface area contributed by atoms with Crippen LogP contribution in [-0.4, -0.2) is 47.0 Å². The molecular formula is C33H47N3O4. The SMILES string of the molecule is CCCCCNC(=O)C(c1cc(C)cc(C)c1)N(C(=O)C(Cc1ccccc1)NC(=O)OC(C)(C)C)C1CC1C. The van der Waals surface area contributed by atoms with Crippen molar-refractivity contribution in [3.05, 3.63) is 70.8 Å². The highest BCUT2D eigenvalue weighted by atomic mass is 16.6. The summed E-state index contributed by atoms with van der Waals surface area (Å²) in [5.41, 5.74) is 3.04. The van der Waals surface area contributed by atoms with E-state index in [-0.39, 0.29) is 30.2 Å². The van der Waals surface area contributed by atoms with Crippen LogP contribution >= 0.6 is 0 Å². The summed E-state index contributed by atoms with van der Waals surface area (Å²) in [5, 5.41) is 5.95. The van der Waals surface area contributed by atoms with E-state index in [1.807, 2.05) is 56.3 Å². The fraction of sp³-hybridized carbons (Fsp3) is 0.545. The highest BCUT2D eigenvalue weighted by molar-refractivity contribution is 5.93. The van der Waals surface area contributed by atoms with E-state index in [9.17, 15) is 14.4 Å². The Morgan fingerprint density at radius 2 is 1.65 bits per heavy atom. The first-order valence-electron chi connectivity index (χ1n) is 14.6. The summed E-state index contributed by atoms with van der Waals surface area (Å²) in [6, 6.07) is 13.8. The number of ether oxygens (including phenoxy) is 1. The van der Waals surface area contributed by atoms with Crippen LogP contribution in [-0.2, 0) is 20.7 Å². The molecule has 2 aromatic carbocycles. The third kappa shape index (κ3) is 9.10. The van der Waals surface area contributed by atoms with E-state index in [1.54, 1.807) is 25.7 Å². The molecule has 3 rings (SSSR count). The number of nitrogens with zero attached hydrogens (tertiary/aromatic N) is 1. The first-order chi connectivity index (χ1) is 18.9. The van der Waals surface area contributed by atoms with Gasteiger partial charge in [-0.1, -0.05) is 86.3 Å². The third-order valence-electron chi connectivity index (χ3n) is 7.12. The van der Waals surface area contributed by atoms with Crippen LogP contribution in [0.25, 0.3) is 0 Å². The van der Waals surface area contributed by atoms with Crippen molar-refractivity contribution >= 4 is 17.9 Å². The Hall–Kier alpha value is -3.35. The summed E-state index contributed by atoms with van der Waals surface area (Å²) in [5.74, 6) is -0.217. The Kier molecular flexibility index (Phi) is 10.8. The lowest BCUT2D eigenvalue weighted by molar-refractivity contribution is -0.143. The van der Waals surface area contributed by atoms with Crippen LogP contribution in [0.15, 0.2) is 48.5 Å². The minimum atomic E-state index is -0.897. The number of aryl methyl sites for hydroxylation is 2. The van der Waals surface area contributed by atoms with Crippen molar-refractivity contribution in [1.82, 2.24) is 15.5 Å². The van der Waals surface area contributed by atoms with Crippen LogP contribution in [0.2, 0.25) is 0 Å². The highest BCUT2D eigenvalue weighted by Crippen LogP contribution is 2.41. The number of hydrogen-bond acceptors (Lipinski definition) is 4. The largest absolute Gasteiger partial charge is 0.444 e. The van der Waals surface area contributed by atoms with Gasteiger partial charge in [-0.3, -0.25) is 9.59 Å². The van der Waals surface area contributed by atoms with Crippen LogP contribution in [0.4, 0.5) is 4.79 Å². The van der Waals surface area contributed by atoms with Gasteiger partial charge in [-0.25, -0.2) is 4.79 Å². The number of unbranched alkanes of at least 4 members (excludes halogenated alkanes) is 2. The topological polar surface area (TPSA) is 87.7 Å². The lowest BCUT2D eigenvalue weighted by atomic mass is 9.97. The number of carbonyl (C=O) groups is 3. The van der Waals surface area contributed by atoms with Crippen molar-refractivity contribution in [3.63, 3.8) is 0 Å². The van der Waals surface area contributed by atoms with Crippen molar-refractivity contribution in [2.24, 2.45) is 5.92 Å². The first-order valence-corrected chi connectivity index (χ1v) is 14.6. The maximum atomic E-state index is 14.5. The predicted molar refractivity (Wildman–Crippen MR) is 159 cm³/mol. The van der Waals surface area contributed by atoms with Crippen LogP contribution in [0.3, 0.4) is 0 Å². The molecule has 0 radical (unpaired) electrons. The molecular weight excluding hydrogens is 502 g/mol. The molecule has 2 aromatic rings. The predicted octanol–water partition coefficient (Wildman–Crippen LogP) is 6.02. The Labute approximate surface area is 240 Å². The number of nitrogens with one attached hydrogen (secondary N) is 2. The molecule has 2 N–H and O–H groups in total. The molecule has 1 aliphatic carbocycles. The summed E-state index contributed by atoms with van der Waals surface area (Å²) in [6.07, 6.45) is 3.40. The molecule has 3 amide bonds. The Morgan fingerprint density at radius 3 is 2.20 bits per heavy atom. The summed E-state index contributed by atoms with van der Waals surface area (Å²) in [4.78, 5) is 43.1. The van der Waals surface area contributed by atoms with Crippen molar-refractivity contribution in [1.29, 1.82) is 0 Å². The van der Waals surface area contributed by atoms with E-state index in [0.717, 1.165) is 47.9 Å². The highest BCUT2D eigenvalue weighted by Gasteiger charge is 2.48. The van der Waals surface area contributed by atoms with Crippen molar-refractivity contribution in [2.45, 2.75) is 104 Å². The van der Waals surface area contributed by atoms with Crippen LogP contribution < -0.4 is 10.6 Å². The fourth-order valence-electron chi connectivity index (χ4n) is 5.14. The maximum Gasteiger partial charge on any atom is 0.408 e. The van der Waals surface area contributed by atoms with E-state index in [0.29, 0.717) is 6.54 Å². The molecule has 1 aliphatic rings. The third-order valence-corrected chi connectivity index (χ3v) is 7.12. The number of benzene rings is 2. The maximum absolute atomic E-state index is 14.5. The smallest absolute Gasteiger partial charge is 0.408 e. The summed E-state index contributed by atoms with van der Waals surface area (Å²) < 4.78 is 5.53. The Bertz CT molecular complexity index is 1140. The van der Waals surface area contributed by atoms with Gasteiger partial charge in [0.05, 0.1) is 0 Å². The van der Waals surface area contributed by atoms with Gasteiger partial charge < -0.3 is 20.3 Å². The molecule has 0 aliphatic heterocycles. The van der Waals surface area contributed by atoms with E-state index in [4.69, 9.17) is 4.74 Å². The molecule has 0 aromatic heterocycles.